The van der Waals surface area contributed by atoms with Gasteiger partial charge < -0.3 is 14.6 Å². The number of rotatable bonds is 6. The lowest BCUT2D eigenvalue weighted by Crippen LogP contribution is -2.45. The molecule has 25 heavy (non-hydrogen) atoms. The fraction of sp³-hybridized carbons (Fsp3) is 0.526. The van der Waals surface area contributed by atoms with Crippen LogP contribution in [0.2, 0.25) is 0 Å². The summed E-state index contributed by atoms with van der Waals surface area (Å²) in [4.78, 5) is 2.26. The van der Waals surface area contributed by atoms with E-state index in [4.69, 9.17) is 9.47 Å². The van der Waals surface area contributed by atoms with E-state index < -0.39 is 6.10 Å². The molecule has 1 N–H and O–H groups in total. The average Bonchev–Trinajstić information content (AvgIpc) is 2.92. The molecule has 1 aromatic heterocycles. The maximum absolute atomic E-state index is 10.5. The molecular formula is C19H27N3O3. The third-order valence-electron chi connectivity index (χ3n) is 4.63. The van der Waals surface area contributed by atoms with Gasteiger partial charge in [0.25, 0.3) is 0 Å². The molecule has 0 aliphatic carbocycles. The number of ether oxygens (including phenoxy) is 2. The number of methoxy groups -OCH3 is 1. The molecule has 1 fully saturated rings. The topological polar surface area (TPSA) is 59.8 Å². The van der Waals surface area contributed by atoms with Crippen LogP contribution in [0.25, 0.3) is 0 Å². The second-order valence-electron chi connectivity index (χ2n) is 6.65. The maximum atomic E-state index is 10.5. The fourth-order valence-corrected chi connectivity index (χ4v) is 3.29. The number of hydrogen-bond donors (Lipinski definition) is 1. The van der Waals surface area contributed by atoms with Crippen LogP contribution < -0.4 is 4.74 Å². The molecule has 3 rings (SSSR count). The van der Waals surface area contributed by atoms with Gasteiger partial charge in [-0.05, 0) is 37.6 Å². The zero-order valence-electron chi connectivity index (χ0n) is 15.2. The fourth-order valence-electron chi connectivity index (χ4n) is 3.29. The number of nitrogens with zero attached hydrogens (tertiary/aromatic N) is 3. The van der Waals surface area contributed by atoms with Crippen molar-refractivity contribution in [3.8, 4) is 5.75 Å². The van der Waals surface area contributed by atoms with Gasteiger partial charge in [-0.1, -0.05) is 12.1 Å². The van der Waals surface area contributed by atoms with Crippen LogP contribution in [0.5, 0.6) is 5.75 Å². The molecule has 0 saturated carbocycles. The Morgan fingerprint density at radius 3 is 2.72 bits per heavy atom. The van der Waals surface area contributed by atoms with Crippen LogP contribution in [-0.2, 0) is 11.3 Å². The highest BCUT2D eigenvalue weighted by Crippen LogP contribution is 2.20. The summed E-state index contributed by atoms with van der Waals surface area (Å²) in [6.07, 6.45) is -0.423. The summed E-state index contributed by atoms with van der Waals surface area (Å²) < 4.78 is 13.1. The number of hydrogen-bond acceptors (Lipinski definition) is 5. The number of morpholine rings is 1. The number of aliphatic hydroxyl groups excluding tert-OH is 1. The van der Waals surface area contributed by atoms with Gasteiger partial charge in [0, 0.05) is 25.3 Å². The van der Waals surface area contributed by atoms with Crippen LogP contribution in [0, 0.1) is 13.8 Å². The quantitative estimate of drug-likeness (QED) is 0.867. The van der Waals surface area contributed by atoms with Crippen molar-refractivity contribution >= 4 is 0 Å². The van der Waals surface area contributed by atoms with Crippen LogP contribution in [0.15, 0.2) is 30.3 Å². The first kappa shape index (κ1) is 17.9. The standard InChI is InChI=1S/C19H27N3O3/c1-14-10-15(2)22(20-14)12-18-11-21(8-9-25-18)13-19(23)16-4-6-17(24-3)7-5-16/h4-7,10,18-19,23H,8-9,11-13H2,1-3H3/t18-,19+/m0/s1. The van der Waals surface area contributed by atoms with E-state index in [0.29, 0.717) is 13.2 Å². The number of aromatic nitrogens is 2. The van der Waals surface area contributed by atoms with Crippen LogP contribution in [0.3, 0.4) is 0 Å². The monoisotopic (exact) mass is 345 g/mol. The molecule has 0 amide bonds. The summed E-state index contributed by atoms with van der Waals surface area (Å²) in [5.74, 6) is 0.798. The lowest BCUT2D eigenvalue weighted by Gasteiger charge is -2.34. The molecule has 1 aliphatic rings. The number of aryl methyl sites for hydroxylation is 2. The van der Waals surface area contributed by atoms with Crippen LogP contribution >= 0.6 is 0 Å². The van der Waals surface area contributed by atoms with Gasteiger partial charge in [0.15, 0.2) is 0 Å². The second kappa shape index (κ2) is 7.99. The Bertz CT molecular complexity index is 684. The molecule has 6 nitrogen and oxygen atoms in total. The number of benzene rings is 1. The van der Waals surface area contributed by atoms with Gasteiger partial charge in [0.05, 0.1) is 38.2 Å². The van der Waals surface area contributed by atoms with Crippen LogP contribution in [0.1, 0.15) is 23.1 Å². The summed E-state index contributed by atoms with van der Waals surface area (Å²) in [7, 11) is 1.64. The van der Waals surface area contributed by atoms with Crippen LogP contribution in [0.4, 0.5) is 0 Å². The molecular weight excluding hydrogens is 318 g/mol. The van der Waals surface area contributed by atoms with Crippen molar-refractivity contribution in [2.75, 3.05) is 33.4 Å². The van der Waals surface area contributed by atoms with E-state index in [1.54, 1.807) is 7.11 Å². The Morgan fingerprint density at radius 1 is 1.32 bits per heavy atom. The van der Waals surface area contributed by atoms with E-state index in [1.807, 2.05) is 35.9 Å². The van der Waals surface area contributed by atoms with E-state index in [-0.39, 0.29) is 6.10 Å². The van der Waals surface area contributed by atoms with Crippen molar-refractivity contribution in [1.82, 2.24) is 14.7 Å². The third kappa shape index (κ3) is 4.60. The summed E-state index contributed by atoms with van der Waals surface area (Å²) in [6.45, 7) is 7.72. The third-order valence-corrected chi connectivity index (χ3v) is 4.63. The van der Waals surface area contributed by atoms with E-state index in [2.05, 4.69) is 23.0 Å². The molecule has 0 bridgehead atoms. The second-order valence-corrected chi connectivity index (χ2v) is 6.65. The maximum Gasteiger partial charge on any atom is 0.118 e. The lowest BCUT2D eigenvalue weighted by molar-refractivity contribution is -0.0488. The predicted molar refractivity (Wildman–Crippen MR) is 95.8 cm³/mol. The van der Waals surface area contributed by atoms with E-state index in [0.717, 1.165) is 42.3 Å². The van der Waals surface area contributed by atoms with Gasteiger partial charge in [-0.3, -0.25) is 9.58 Å². The first-order valence-corrected chi connectivity index (χ1v) is 8.72. The SMILES string of the molecule is COc1ccc([C@H](O)CN2CCO[C@H](Cn3nc(C)cc3C)C2)cc1. The molecule has 1 saturated heterocycles. The zero-order valence-corrected chi connectivity index (χ0v) is 15.2. The number of β-amino-alcohol motifs (C(OH)–C–C–N with tert-alkyl or cyclic N) is 1. The van der Waals surface area contributed by atoms with Crippen molar-refractivity contribution in [3.05, 3.63) is 47.3 Å². The van der Waals surface area contributed by atoms with Gasteiger partial charge in [0.1, 0.15) is 5.75 Å². The molecule has 0 spiro atoms. The minimum Gasteiger partial charge on any atom is -0.497 e. The highest BCUT2D eigenvalue weighted by Gasteiger charge is 2.24. The van der Waals surface area contributed by atoms with Gasteiger partial charge >= 0.3 is 0 Å². The first-order chi connectivity index (χ1) is 12.0. The smallest absolute Gasteiger partial charge is 0.118 e. The first-order valence-electron chi connectivity index (χ1n) is 8.72. The molecule has 2 atom stereocenters. The summed E-state index contributed by atoms with van der Waals surface area (Å²) in [5, 5.41) is 15.0. The lowest BCUT2D eigenvalue weighted by atomic mass is 10.1. The highest BCUT2D eigenvalue weighted by molar-refractivity contribution is 5.28. The summed E-state index contributed by atoms with van der Waals surface area (Å²) >= 11 is 0. The van der Waals surface area contributed by atoms with E-state index in [9.17, 15) is 5.11 Å². The van der Waals surface area contributed by atoms with E-state index >= 15 is 0 Å². The van der Waals surface area contributed by atoms with Gasteiger partial charge in [-0.25, -0.2) is 0 Å². The zero-order chi connectivity index (χ0) is 17.8. The molecule has 6 heteroatoms. The average molecular weight is 345 g/mol. The van der Waals surface area contributed by atoms with Crippen molar-refractivity contribution in [1.29, 1.82) is 0 Å². The molecule has 2 aromatic rings. The molecule has 1 aliphatic heterocycles. The van der Waals surface area contributed by atoms with Crippen molar-refractivity contribution in [2.45, 2.75) is 32.6 Å². The minimum atomic E-state index is -0.515. The molecule has 2 heterocycles. The van der Waals surface area contributed by atoms with Crippen molar-refractivity contribution in [3.63, 3.8) is 0 Å². The highest BCUT2D eigenvalue weighted by atomic mass is 16.5. The van der Waals surface area contributed by atoms with Crippen molar-refractivity contribution < 1.29 is 14.6 Å². The van der Waals surface area contributed by atoms with Crippen molar-refractivity contribution in [2.24, 2.45) is 0 Å². The predicted octanol–water partition coefficient (Wildman–Crippen LogP) is 1.94. The minimum absolute atomic E-state index is 0.0924. The molecule has 0 radical (unpaired) electrons. The normalized spacial score (nSPS) is 19.8. The summed E-state index contributed by atoms with van der Waals surface area (Å²) in [5.41, 5.74) is 3.08. The van der Waals surface area contributed by atoms with Gasteiger partial charge in [-0.15, -0.1) is 0 Å². The Hall–Kier alpha value is -1.89. The molecule has 136 valence electrons. The van der Waals surface area contributed by atoms with Gasteiger partial charge in [0.2, 0.25) is 0 Å². The largest absolute Gasteiger partial charge is 0.497 e. The Balaban J connectivity index is 1.56. The van der Waals surface area contributed by atoms with Crippen LogP contribution in [-0.4, -0.2) is 59.2 Å². The van der Waals surface area contributed by atoms with E-state index in [1.165, 1.54) is 0 Å². The molecule has 0 unspecified atom stereocenters. The number of aliphatic hydroxyl groups is 1. The molecule has 1 aromatic carbocycles. The van der Waals surface area contributed by atoms with Gasteiger partial charge in [-0.2, -0.15) is 5.10 Å². The Labute approximate surface area is 149 Å². The Kier molecular flexibility index (Phi) is 5.73. The summed E-state index contributed by atoms with van der Waals surface area (Å²) in [6, 6.07) is 9.66. The Morgan fingerprint density at radius 2 is 2.08 bits per heavy atom.